The Hall–Kier alpha value is -1.26. The molecule has 1 unspecified atom stereocenters. The molecular formula is C15H24ClN3O. The molecule has 0 spiro atoms. The molecule has 112 valence electrons. The number of anilines is 2. The second-order valence-corrected chi connectivity index (χ2v) is 5.64. The number of carbonyl (C=O) groups is 1. The summed E-state index contributed by atoms with van der Waals surface area (Å²) in [6.07, 6.45) is 2.65. The molecule has 0 aromatic heterocycles. The largest absolute Gasteiger partial charge is 0.374 e. The number of nitrogens with two attached hydrogens (primary N) is 1. The monoisotopic (exact) mass is 297 g/mol. The number of nitrogens with zero attached hydrogens (tertiary/aromatic N) is 1. The summed E-state index contributed by atoms with van der Waals surface area (Å²) in [7, 11) is 2.07. The molecule has 5 heteroatoms. The molecule has 1 aromatic rings. The Morgan fingerprint density at radius 3 is 2.85 bits per heavy atom. The van der Waals surface area contributed by atoms with Crippen LogP contribution in [0.4, 0.5) is 11.4 Å². The third kappa shape index (κ3) is 3.44. The first kappa shape index (κ1) is 16.8. The molecular weight excluding hydrogens is 274 g/mol. The van der Waals surface area contributed by atoms with Crippen LogP contribution in [0.15, 0.2) is 18.2 Å². The lowest BCUT2D eigenvalue weighted by molar-refractivity contribution is -0.120. The van der Waals surface area contributed by atoms with Gasteiger partial charge in [-0.05, 0) is 37.5 Å². The van der Waals surface area contributed by atoms with Crippen molar-refractivity contribution in [2.24, 2.45) is 5.73 Å². The van der Waals surface area contributed by atoms with E-state index in [-0.39, 0.29) is 18.3 Å². The minimum absolute atomic E-state index is 0. The lowest BCUT2D eigenvalue weighted by Gasteiger charge is -2.23. The number of fused-ring (bicyclic) bond motifs is 1. The predicted octanol–water partition coefficient (Wildman–Crippen LogP) is 2.56. The van der Waals surface area contributed by atoms with Crippen molar-refractivity contribution in [3.8, 4) is 0 Å². The van der Waals surface area contributed by atoms with Gasteiger partial charge >= 0.3 is 0 Å². The van der Waals surface area contributed by atoms with Gasteiger partial charge in [-0.15, -0.1) is 12.4 Å². The number of benzene rings is 1. The van der Waals surface area contributed by atoms with Crippen molar-refractivity contribution in [3.63, 3.8) is 0 Å². The number of halogens is 1. The van der Waals surface area contributed by atoms with Crippen LogP contribution < -0.4 is 16.0 Å². The quantitative estimate of drug-likeness (QED) is 0.898. The number of carbonyl (C=O) groups excluding carboxylic acids is 1. The molecule has 0 aliphatic carbocycles. The van der Waals surface area contributed by atoms with Gasteiger partial charge in [0.15, 0.2) is 0 Å². The summed E-state index contributed by atoms with van der Waals surface area (Å²) in [5.74, 6) is -0.116. The number of likely N-dealkylation sites (N-methyl/N-ethyl adjacent to an activating group) is 1. The number of nitrogens with one attached hydrogen (secondary N) is 1. The molecule has 1 heterocycles. The molecule has 3 N–H and O–H groups in total. The zero-order valence-electron chi connectivity index (χ0n) is 12.4. The smallest absolute Gasteiger partial charge is 0.244 e. The van der Waals surface area contributed by atoms with E-state index in [1.165, 1.54) is 11.3 Å². The van der Waals surface area contributed by atoms with Gasteiger partial charge in [-0.3, -0.25) is 4.79 Å². The first-order valence-corrected chi connectivity index (χ1v) is 6.88. The molecule has 0 saturated carbocycles. The maximum atomic E-state index is 12.2. The van der Waals surface area contributed by atoms with Crippen LogP contribution in [0.5, 0.6) is 0 Å². The lowest BCUT2D eigenvalue weighted by Crippen LogP contribution is -2.48. The molecule has 0 radical (unpaired) electrons. The highest BCUT2D eigenvalue weighted by molar-refractivity contribution is 5.98. The van der Waals surface area contributed by atoms with Crippen LogP contribution in [-0.2, 0) is 11.2 Å². The van der Waals surface area contributed by atoms with Crippen LogP contribution in [0.3, 0.4) is 0 Å². The van der Waals surface area contributed by atoms with Crippen molar-refractivity contribution in [2.45, 2.75) is 38.6 Å². The zero-order chi connectivity index (χ0) is 14.0. The number of hydrogen-bond donors (Lipinski definition) is 2. The summed E-state index contributed by atoms with van der Waals surface area (Å²) < 4.78 is 0. The van der Waals surface area contributed by atoms with E-state index in [0.29, 0.717) is 6.42 Å². The first-order valence-electron chi connectivity index (χ1n) is 6.88. The van der Waals surface area contributed by atoms with E-state index in [0.717, 1.165) is 25.1 Å². The van der Waals surface area contributed by atoms with Gasteiger partial charge in [0.25, 0.3) is 0 Å². The molecule has 1 aliphatic heterocycles. The van der Waals surface area contributed by atoms with Gasteiger partial charge in [0, 0.05) is 25.0 Å². The first-order chi connectivity index (χ1) is 8.94. The molecule has 0 bridgehead atoms. The Kier molecular flexibility index (Phi) is 5.42. The summed E-state index contributed by atoms with van der Waals surface area (Å²) in [5.41, 5.74) is 8.59. The van der Waals surface area contributed by atoms with E-state index in [1.807, 2.05) is 19.1 Å². The Labute approximate surface area is 127 Å². The molecule has 1 aliphatic rings. The van der Waals surface area contributed by atoms with Gasteiger partial charge in [0.1, 0.15) is 0 Å². The molecule has 1 aromatic carbocycles. The molecule has 2 rings (SSSR count). The van der Waals surface area contributed by atoms with E-state index in [2.05, 4.69) is 23.3 Å². The van der Waals surface area contributed by atoms with Crippen molar-refractivity contribution in [3.05, 3.63) is 23.8 Å². The van der Waals surface area contributed by atoms with E-state index in [4.69, 9.17) is 5.73 Å². The molecule has 1 amide bonds. The molecule has 0 fully saturated rings. The molecule has 1 atom stereocenters. The summed E-state index contributed by atoms with van der Waals surface area (Å²) in [6, 6.07) is 6.07. The highest BCUT2D eigenvalue weighted by Crippen LogP contribution is 2.29. The Bertz CT molecular complexity index is 488. The summed E-state index contributed by atoms with van der Waals surface area (Å²) >= 11 is 0. The van der Waals surface area contributed by atoms with E-state index in [1.54, 1.807) is 6.92 Å². The van der Waals surface area contributed by atoms with Crippen molar-refractivity contribution in [2.75, 3.05) is 23.8 Å². The number of amides is 1. The highest BCUT2D eigenvalue weighted by atomic mass is 35.5. The fourth-order valence-corrected chi connectivity index (χ4v) is 2.52. The maximum Gasteiger partial charge on any atom is 0.244 e. The molecule has 4 nitrogen and oxygen atoms in total. The van der Waals surface area contributed by atoms with Gasteiger partial charge in [-0.1, -0.05) is 19.4 Å². The van der Waals surface area contributed by atoms with Crippen LogP contribution in [-0.4, -0.2) is 25.0 Å². The third-order valence-electron chi connectivity index (χ3n) is 3.76. The van der Waals surface area contributed by atoms with Crippen molar-refractivity contribution >= 4 is 29.7 Å². The Balaban J connectivity index is 0.00000200. The van der Waals surface area contributed by atoms with E-state index < -0.39 is 5.54 Å². The van der Waals surface area contributed by atoms with Crippen LogP contribution in [0.25, 0.3) is 0 Å². The Morgan fingerprint density at radius 1 is 1.50 bits per heavy atom. The van der Waals surface area contributed by atoms with E-state index in [9.17, 15) is 4.79 Å². The number of hydrogen-bond acceptors (Lipinski definition) is 3. The second kappa shape index (κ2) is 6.46. The zero-order valence-corrected chi connectivity index (χ0v) is 13.2. The minimum atomic E-state index is -0.806. The normalized spacial score (nSPS) is 16.1. The van der Waals surface area contributed by atoms with Crippen LogP contribution in [0.1, 0.15) is 32.3 Å². The van der Waals surface area contributed by atoms with Crippen molar-refractivity contribution in [1.29, 1.82) is 0 Å². The van der Waals surface area contributed by atoms with Gasteiger partial charge < -0.3 is 16.0 Å². The predicted molar refractivity (Wildman–Crippen MR) is 86.8 cm³/mol. The average molecular weight is 298 g/mol. The summed E-state index contributed by atoms with van der Waals surface area (Å²) in [5, 5.41) is 2.93. The summed E-state index contributed by atoms with van der Waals surface area (Å²) in [4.78, 5) is 14.4. The van der Waals surface area contributed by atoms with E-state index >= 15 is 0 Å². The van der Waals surface area contributed by atoms with Gasteiger partial charge in [-0.2, -0.15) is 0 Å². The lowest BCUT2D eigenvalue weighted by atomic mass is 9.96. The highest BCUT2D eigenvalue weighted by Gasteiger charge is 2.27. The fraction of sp³-hybridized carbons (Fsp3) is 0.533. The Morgan fingerprint density at radius 2 is 2.20 bits per heavy atom. The third-order valence-corrected chi connectivity index (χ3v) is 3.76. The van der Waals surface area contributed by atoms with Crippen molar-refractivity contribution in [1.82, 2.24) is 0 Å². The average Bonchev–Trinajstić information content (AvgIpc) is 2.71. The SMILES string of the molecule is CCCC(C)(N)C(=O)Nc1ccc2c(c1)N(C)CC2.Cl. The van der Waals surface area contributed by atoms with Crippen LogP contribution >= 0.6 is 12.4 Å². The van der Waals surface area contributed by atoms with Gasteiger partial charge in [0.2, 0.25) is 5.91 Å². The van der Waals surface area contributed by atoms with Gasteiger partial charge in [0.05, 0.1) is 5.54 Å². The minimum Gasteiger partial charge on any atom is -0.374 e. The van der Waals surface area contributed by atoms with Crippen LogP contribution in [0.2, 0.25) is 0 Å². The van der Waals surface area contributed by atoms with Crippen molar-refractivity contribution < 1.29 is 4.79 Å². The standard InChI is InChI=1S/C15H23N3O.ClH/c1-4-8-15(2,16)14(19)17-12-6-5-11-7-9-18(3)13(11)10-12;/h5-6,10H,4,7-9,16H2,1-3H3,(H,17,19);1H. The molecule has 20 heavy (non-hydrogen) atoms. The van der Waals surface area contributed by atoms with Crippen LogP contribution in [0, 0.1) is 0 Å². The fourth-order valence-electron chi connectivity index (χ4n) is 2.52. The second-order valence-electron chi connectivity index (χ2n) is 5.64. The molecule has 0 saturated heterocycles. The topological polar surface area (TPSA) is 58.4 Å². The summed E-state index contributed by atoms with van der Waals surface area (Å²) in [6.45, 7) is 4.85. The van der Waals surface area contributed by atoms with Gasteiger partial charge in [-0.25, -0.2) is 0 Å². The number of rotatable bonds is 4. The maximum absolute atomic E-state index is 12.2.